The molecule has 0 aromatic heterocycles. The van der Waals surface area contributed by atoms with Crippen LogP contribution in [0.3, 0.4) is 0 Å². The highest BCUT2D eigenvalue weighted by molar-refractivity contribution is 7.80. The molecule has 0 aliphatic heterocycles. The number of benzene rings is 2. The number of carbonyl (C=O) groups excluding carboxylic acids is 1. The standard InChI is InChI=1S/C16H15F2N3OS/c17-13-6-4-11(5-7-13)10-19-16(23)21-20-15(22)9-12-2-1-3-14(18)8-12/h1-8H,9-10H2,(H,20,22)(H2,19,21,23). The molecule has 0 fully saturated rings. The molecular weight excluding hydrogens is 320 g/mol. The van der Waals surface area contributed by atoms with Crippen LogP contribution >= 0.6 is 12.2 Å². The number of amides is 1. The minimum Gasteiger partial charge on any atom is -0.357 e. The van der Waals surface area contributed by atoms with Gasteiger partial charge in [-0.25, -0.2) is 8.78 Å². The normalized spacial score (nSPS) is 10.0. The quantitative estimate of drug-likeness (QED) is 0.592. The molecular formula is C16H15F2N3OS. The molecule has 7 heteroatoms. The minimum absolute atomic E-state index is 0.0331. The lowest BCUT2D eigenvalue weighted by Crippen LogP contribution is -2.47. The van der Waals surface area contributed by atoms with Gasteiger partial charge < -0.3 is 5.32 Å². The second-order valence-corrected chi connectivity index (χ2v) is 5.20. The van der Waals surface area contributed by atoms with Crippen LogP contribution in [0.1, 0.15) is 11.1 Å². The topological polar surface area (TPSA) is 53.2 Å². The molecule has 0 bridgehead atoms. The zero-order chi connectivity index (χ0) is 16.7. The first-order chi connectivity index (χ1) is 11.0. The predicted octanol–water partition coefficient (Wildman–Crippen LogP) is 2.20. The number of halogens is 2. The van der Waals surface area contributed by atoms with Crippen molar-refractivity contribution < 1.29 is 13.6 Å². The maximum absolute atomic E-state index is 13.0. The largest absolute Gasteiger partial charge is 0.357 e. The van der Waals surface area contributed by atoms with Gasteiger partial charge in [0.25, 0.3) is 0 Å². The fourth-order valence-corrected chi connectivity index (χ4v) is 1.95. The summed E-state index contributed by atoms with van der Waals surface area (Å²) in [5, 5.41) is 3.09. The van der Waals surface area contributed by atoms with Crippen LogP contribution in [0.25, 0.3) is 0 Å². The molecule has 2 aromatic rings. The van der Waals surface area contributed by atoms with Crippen LogP contribution in [-0.2, 0) is 17.8 Å². The second kappa shape index (κ2) is 8.19. The van der Waals surface area contributed by atoms with E-state index in [9.17, 15) is 13.6 Å². The first-order valence-corrected chi connectivity index (χ1v) is 7.25. The number of carbonyl (C=O) groups is 1. The SMILES string of the molecule is O=C(Cc1cccc(F)c1)NNC(=S)NCc1ccc(F)cc1. The second-order valence-electron chi connectivity index (χ2n) is 4.79. The van der Waals surface area contributed by atoms with Gasteiger partial charge in [0, 0.05) is 6.54 Å². The lowest BCUT2D eigenvalue weighted by atomic mass is 10.1. The highest BCUT2D eigenvalue weighted by atomic mass is 32.1. The third-order valence-electron chi connectivity index (χ3n) is 2.94. The van der Waals surface area contributed by atoms with Crippen LogP contribution in [-0.4, -0.2) is 11.0 Å². The molecule has 0 aliphatic rings. The van der Waals surface area contributed by atoms with Crippen molar-refractivity contribution in [3.05, 3.63) is 71.3 Å². The van der Waals surface area contributed by atoms with Crippen molar-refractivity contribution in [3.63, 3.8) is 0 Å². The molecule has 0 saturated carbocycles. The van der Waals surface area contributed by atoms with Crippen LogP contribution in [0.2, 0.25) is 0 Å². The van der Waals surface area contributed by atoms with Gasteiger partial charge in [-0.05, 0) is 47.6 Å². The van der Waals surface area contributed by atoms with Gasteiger partial charge in [-0.15, -0.1) is 0 Å². The summed E-state index contributed by atoms with van der Waals surface area (Å²) in [5.41, 5.74) is 6.39. The van der Waals surface area contributed by atoms with E-state index in [-0.39, 0.29) is 29.1 Å². The van der Waals surface area contributed by atoms with Crippen molar-refractivity contribution in [3.8, 4) is 0 Å². The Hall–Kier alpha value is -2.54. The smallest absolute Gasteiger partial charge is 0.242 e. The molecule has 23 heavy (non-hydrogen) atoms. The van der Waals surface area contributed by atoms with Crippen molar-refractivity contribution >= 4 is 23.2 Å². The van der Waals surface area contributed by atoms with Gasteiger partial charge in [0.15, 0.2) is 5.11 Å². The first kappa shape index (κ1) is 16.8. The Morgan fingerprint density at radius 2 is 1.70 bits per heavy atom. The van der Waals surface area contributed by atoms with Crippen molar-refractivity contribution in [1.29, 1.82) is 0 Å². The number of nitrogens with one attached hydrogen (secondary N) is 3. The summed E-state index contributed by atoms with van der Waals surface area (Å²) < 4.78 is 25.8. The molecule has 0 spiro atoms. The van der Waals surface area contributed by atoms with E-state index < -0.39 is 0 Å². The molecule has 0 saturated heterocycles. The maximum Gasteiger partial charge on any atom is 0.242 e. The van der Waals surface area contributed by atoms with E-state index in [1.54, 1.807) is 24.3 Å². The number of rotatable bonds is 4. The lowest BCUT2D eigenvalue weighted by Gasteiger charge is -2.11. The minimum atomic E-state index is -0.389. The van der Waals surface area contributed by atoms with E-state index in [1.807, 2.05) is 0 Å². The van der Waals surface area contributed by atoms with Gasteiger partial charge in [0.1, 0.15) is 11.6 Å². The average molecular weight is 335 g/mol. The van der Waals surface area contributed by atoms with E-state index in [0.29, 0.717) is 12.1 Å². The monoisotopic (exact) mass is 335 g/mol. The molecule has 4 nitrogen and oxygen atoms in total. The maximum atomic E-state index is 13.0. The summed E-state index contributed by atoms with van der Waals surface area (Å²) in [6, 6.07) is 11.8. The molecule has 0 radical (unpaired) electrons. The molecule has 120 valence electrons. The third-order valence-corrected chi connectivity index (χ3v) is 3.18. The third kappa shape index (κ3) is 5.99. The van der Waals surface area contributed by atoms with Gasteiger partial charge in [0.2, 0.25) is 5.91 Å². The average Bonchev–Trinajstić information content (AvgIpc) is 2.52. The van der Waals surface area contributed by atoms with E-state index >= 15 is 0 Å². The Bertz CT molecular complexity index is 692. The van der Waals surface area contributed by atoms with Crippen molar-refractivity contribution in [1.82, 2.24) is 16.2 Å². The van der Waals surface area contributed by atoms with Crippen LogP contribution in [0.15, 0.2) is 48.5 Å². The van der Waals surface area contributed by atoms with E-state index in [1.165, 1.54) is 24.3 Å². The molecule has 3 N–H and O–H groups in total. The summed E-state index contributed by atoms with van der Waals surface area (Å²) >= 11 is 5.01. The molecule has 0 atom stereocenters. The van der Waals surface area contributed by atoms with Crippen LogP contribution in [0.5, 0.6) is 0 Å². The Labute approximate surface area is 137 Å². The van der Waals surface area contributed by atoms with E-state index in [0.717, 1.165) is 5.56 Å². The summed E-state index contributed by atoms with van der Waals surface area (Å²) in [7, 11) is 0. The summed E-state index contributed by atoms with van der Waals surface area (Å²) in [5.74, 6) is -1.04. The van der Waals surface area contributed by atoms with Crippen molar-refractivity contribution in [2.75, 3.05) is 0 Å². The molecule has 0 heterocycles. The Morgan fingerprint density at radius 1 is 0.957 bits per heavy atom. The van der Waals surface area contributed by atoms with Crippen LogP contribution < -0.4 is 16.2 Å². The highest BCUT2D eigenvalue weighted by Crippen LogP contribution is 2.04. The zero-order valence-corrected chi connectivity index (χ0v) is 12.9. The first-order valence-electron chi connectivity index (χ1n) is 6.84. The van der Waals surface area contributed by atoms with Gasteiger partial charge >= 0.3 is 0 Å². The van der Waals surface area contributed by atoms with Gasteiger partial charge in [-0.3, -0.25) is 15.6 Å². The molecule has 2 rings (SSSR count). The van der Waals surface area contributed by atoms with E-state index in [2.05, 4.69) is 16.2 Å². The van der Waals surface area contributed by atoms with Crippen LogP contribution in [0, 0.1) is 11.6 Å². The van der Waals surface area contributed by atoms with Gasteiger partial charge in [0.05, 0.1) is 6.42 Å². The number of hydrogen-bond acceptors (Lipinski definition) is 2. The fourth-order valence-electron chi connectivity index (χ4n) is 1.83. The molecule has 0 aliphatic carbocycles. The summed E-state index contributed by atoms with van der Waals surface area (Å²) in [6.07, 6.45) is 0.0331. The number of thiocarbonyl (C=S) groups is 1. The molecule has 2 aromatic carbocycles. The summed E-state index contributed by atoms with van der Waals surface area (Å²) in [4.78, 5) is 11.7. The van der Waals surface area contributed by atoms with E-state index in [4.69, 9.17) is 12.2 Å². The number of hydrazine groups is 1. The van der Waals surface area contributed by atoms with Gasteiger partial charge in [-0.2, -0.15) is 0 Å². The number of hydrogen-bond donors (Lipinski definition) is 3. The summed E-state index contributed by atoms with van der Waals surface area (Å²) in [6.45, 7) is 0.395. The zero-order valence-electron chi connectivity index (χ0n) is 12.1. The van der Waals surface area contributed by atoms with Gasteiger partial charge in [-0.1, -0.05) is 24.3 Å². The Kier molecular flexibility index (Phi) is 5.99. The Balaban J connectivity index is 1.71. The lowest BCUT2D eigenvalue weighted by molar-refractivity contribution is -0.121. The van der Waals surface area contributed by atoms with Crippen molar-refractivity contribution in [2.45, 2.75) is 13.0 Å². The highest BCUT2D eigenvalue weighted by Gasteiger charge is 2.05. The van der Waals surface area contributed by atoms with Crippen LogP contribution in [0.4, 0.5) is 8.78 Å². The molecule has 1 amide bonds. The van der Waals surface area contributed by atoms with Crippen molar-refractivity contribution in [2.24, 2.45) is 0 Å². The predicted molar refractivity (Wildman–Crippen MR) is 87.2 cm³/mol. The molecule has 0 unspecified atom stereocenters. The fraction of sp³-hybridized carbons (Fsp3) is 0.125. The Morgan fingerprint density at radius 3 is 2.39 bits per heavy atom.